The maximum atomic E-state index is 11.0. The second-order valence-electron chi connectivity index (χ2n) is 3.66. The Morgan fingerprint density at radius 1 is 1.60 bits per heavy atom. The minimum absolute atomic E-state index is 0.0987. The minimum atomic E-state index is -3.03. The Hall–Kier alpha value is -0.0700. The zero-order chi connectivity index (χ0) is 8.41. The number of rotatable bonds is 2. The molecular weight excluding hydrogens is 147 g/mol. The van der Waals surface area contributed by atoms with Crippen molar-refractivity contribution < 1.29 is 9.46 Å². The summed E-state index contributed by atoms with van der Waals surface area (Å²) in [7, 11) is -3.03. The summed E-state index contributed by atoms with van der Waals surface area (Å²) in [4.78, 5) is 9.10. The van der Waals surface area contributed by atoms with Gasteiger partial charge in [0.05, 0.1) is 0 Å². The standard InChI is InChI=1S/C7H15O2P/c1-5-10(8,9)6-7(2,3)4/h5H,1,6H2,2-4H3,(H,8,9). The Labute approximate surface area is 62.4 Å². The van der Waals surface area contributed by atoms with Crippen molar-refractivity contribution in [3.8, 4) is 0 Å². The molecule has 0 aliphatic carbocycles. The van der Waals surface area contributed by atoms with Gasteiger partial charge in [0.1, 0.15) is 0 Å². The van der Waals surface area contributed by atoms with Gasteiger partial charge in [-0.3, -0.25) is 4.57 Å². The summed E-state index contributed by atoms with van der Waals surface area (Å²) >= 11 is 0. The first kappa shape index (κ1) is 9.93. The first-order valence-corrected chi connectivity index (χ1v) is 5.13. The Morgan fingerprint density at radius 3 is 2.10 bits per heavy atom. The smallest absolute Gasteiger partial charge is 0.222 e. The van der Waals surface area contributed by atoms with Crippen LogP contribution in [0.5, 0.6) is 0 Å². The van der Waals surface area contributed by atoms with Gasteiger partial charge in [-0.15, -0.1) is 0 Å². The lowest BCUT2D eigenvalue weighted by molar-refractivity contribution is 0.425. The lowest BCUT2D eigenvalue weighted by Crippen LogP contribution is -2.10. The van der Waals surface area contributed by atoms with Gasteiger partial charge in [0, 0.05) is 6.16 Å². The molecule has 0 aromatic carbocycles. The van der Waals surface area contributed by atoms with Gasteiger partial charge in [0.25, 0.3) is 0 Å². The average molecular weight is 162 g/mol. The predicted octanol–water partition coefficient (Wildman–Crippen LogP) is 2.45. The molecule has 0 saturated heterocycles. The Kier molecular flexibility index (Phi) is 2.87. The third-order valence-electron chi connectivity index (χ3n) is 0.986. The van der Waals surface area contributed by atoms with Gasteiger partial charge in [-0.05, 0) is 11.2 Å². The summed E-state index contributed by atoms with van der Waals surface area (Å²) in [6.45, 7) is 9.09. The van der Waals surface area contributed by atoms with E-state index in [1.54, 1.807) is 0 Å². The maximum Gasteiger partial charge on any atom is 0.222 e. The van der Waals surface area contributed by atoms with Gasteiger partial charge in [-0.1, -0.05) is 27.4 Å². The monoisotopic (exact) mass is 162 g/mol. The molecule has 0 aliphatic rings. The average Bonchev–Trinajstić information content (AvgIpc) is 1.60. The van der Waals surface area contributed by atoms with Crippen LogP contribution in [0.15, 0.2) is 12.4 Å². The summed E-state index contributed by atoms with van der Waals surface area (Å²) in [6.07, 6.45) is 0.309. The topological polar surface area (TPSA) is 37.3 Å². The molecule has 0 amide bonds. The van der Waals surface area contributed by atoms with E-state index in [1.165, 1.54) is 0 Å². The quantitative estimate of drug-likeness (QED) is 0.633. The van der Waals surface area contributed by atoms with Crippen LogP contribution in [0.2, 0.25) is 0 Å². The third-order valence-corrected chi connectivity index (χ3v) is 2.96. The van der Waals surface area contributed by atoms with Crippen LogP contribution >= 0.6 is 7.37 Å². The van der Waals surface area contributed by atoms with Crippen molar-refractivity contribution >= 4 is 7.37 Å². The van der Waals surface area contributed by atoms with Crippen molar-refractivity contribution in [1.29, 1.82) is 0 Å². The normalized spacial score (nSPS) is 18.0. The first-order chi connectivity index (χ1) is 4.27. The van der Waals surface area contributed by atoms with E-state index in [-0.39, 0.29) is 5.41 Å². The summed E-state index contributed by atoms with van der Waals surface area (Å²) in [5.74, 6) is 1.15. The van der Waals surface area contributed by atoms with Gasteiger partial charge in [0.2, 0.25) is 7.37 Å². The largest absolute Gasteiger partial charge is 0.341 e. The number of hydrogen-bond acceptors (Lipinski definition) is 1. The molecule has 0 aromatic heterocycles. The molecule has 0 aromatic rings. The van der Waals surface area contributed by atoms with Crippen molar-refractivity contribution in [2.45, 2.75) is 20.8 Å². The summed E-state index contributed by atoms with van der Waals surface area (Å²) < 4.78 is 11.0. The molecule has 1 atom stereocenters. The minimum Gasteiger partial charge on any atom is -0.341 e. The molecule has 0 spiro atoms. The molecule has 0 heterocycles. The van der Waals surface area contributed by atoms with Crippen LogP contribution in [0, 0.1) is 5.41 Å². The SMILES string of the molecule is C=CP(=O)(O)CC(C)(C)C. The Balaban J connectivity index is 4.16. The molecule has 0 fully saturated rings. The third kappa shape index (κ3) is 4.78. The second-order valence-corrected chi connectivity index (χ2v) is 5.85. The molecule has 2 nitrogen and oxygen atoms in total. The van der Waals surface area contributed by atoms with Crippen LogP contribution in [-0.4, -0.2) is 11.1 Å². The Morgan fingerprint density at radius 2 is 2.00 bits per heavy atom. The van der Waals surface area contributed by atoms with Crippen molar-refractivity contribution in [2.24, 2.45) is 5.41 Å². The van der Waals surface area contributed by atoms with Crippen molar-refractivity contribution in [3.05, 3.63) is 12.4 Å². The summed E-state index contributed by atoms with van der Waals surface area (Å²) in [6, 6.07) is 0. The van der Waals surface area contributed by atoms with Crippen molar-refractivity contribution in [3.63, 3.8) is 0 Å². The van der Waals surface area contributed by atoms with Crippen molar-refractivity contribution in [1.82, 2.24) is 0 Å². The van der Waals surface area contributed by atoms with E-state index in [4.69, 9.17) is 4.89 Å². The molecule has 0 bridgehead atoms. The van der Waals surface area contributed by atoms with Crippen LogP contribution in [0.3, 0.4) is 0 Å². The lowest BCUT2D eigenvalue weighted by atomic mass is 10.0. The van der Waals surface area contributed by atoms with E-state index < -0.39 is 7.37 Å². The molecule has 0 radical (unpaired) electrons. The maximum absolute atomic E-state index is 11.0. The zero-order valence-electron chi connectivity index (χ0n) is 6.79. The molecule has 0 aliphatic heterocycles. The molecule has 0 rings (SSSR count). The molecular formula is C7H15O2P. The van der Waals surface area contributed by atoms with E-state index in [0.29, 0.717) is 6.16 Å². The highest BCUT2D eigenvalue weighted by Crippen LogP contribution is 2.46. The van der Waals surface area contributed by atoms with Crippen molar-refractivity contribution in [2.75, 3.05) is 6.16 Å². The van der Waals surface area contributed by atoms with Crippen LogP contribution in [0.4, 0.5) is 0 Å². The van der Waals surface area contributed by atoms with Gasteiger partial charge >= 0.3 is 0 Å². The number of hydrogen-bond donors (Lipinski definition) is 1. The van der Waals surface area contributed by atoms with E-state index in [1.807, 2.05) is 20.8 Å². The van der Waals surface area contributed by atoms with Crippen LogP contribution < -0.4 is 0 Å². The van der Waals surface area contributed by atoms with Gasteiger partial charge in [-0.2, -0.15) is 0 Å². The van der Waals surface area contributed by atoms with Crippen LogP contribution in [0.25, 0.3) is 0 Å². The van der Waals surface area contributed by atoms with E-state index in [9.17, 15) is 4.57 Å². The van der Waals surface area contributed by atoms with Gasteiger partial charge in [0.15, 0.2) is 0 Å². The zero-order valence-corrected chi connectivity index (χ0v) is 7.69. The molecule has 1 unspecified atom stereocenters. The van der Waals surface area contributed by atoms with Crippen LogP contribution in [-0.2, 0) is 4.57 Å². The molecule has 0 saturated carbocycles. The summed E-state index contributed by atoms with van der Waals surface area (Å²) in [5.41, 5.74) is -0.0987. The highest BCUT2D eigenvalue weighted by Gasteiger charge is 2.22. The lowest BCUT2D eigenvalue weighted by Gasteiger charge is -2.19. The predicted molar refractivity (Wildman–Crippen MR) is 44.3 cm³/mol. The van der Waals surface area contributed by atoms with E-state index in [0.717, 1.165) is 5.82 Å². The highest BCUT2D eigenvalue weighted by atomic mass is 31.2. The summed E-state index contributed by atoms with van der Waals surface area (Å²) in [5, 5.41) is 0. The molecule has 1 N–H and O–H groups in total. The van der Waals surface area contributed by atoms with Gasteiger partial charge < -0.3 is 4.89 Å². The van der Waals surface area contributed by atoms with E-state index in [2.05, 4.69) is 6.58 Å². The molecule has 3 heteroatoms. The fourth-order valence-corrected chi connectivity index (χ4v) is 2.23. The highest BCUT2D eigenvalue weighted by molar-refractivity contribution is 7.61. The van der Waals surface area contributed by atoms with Crippen LogP contribution in [0.1, 0.15) is 20.8 Å². The molecule has 10 heavy (non-hydrogen) atoms. The van der Waals surface area contributed by atoms with E-state index >= 15 is 0 Å². The fourth-order valence-electron chi connectivity index (χ4n) is 0.744. The second kappa shape index (κ2) is 2.89. The fraction of sp³-hybridized carbons (Fsp3) is 0.714. The Bertz CT molecular complexity index is 167. The molecule has 60 valence electrons. The van der Waals surface area contributed by atoms with Gasteiger partial charge in [-0.25, -0.2) is 0 Å². The first-order valence-electron chi connectivity index (χ1n) is 3.22.